The number of pyridine rings is 1. The molecule has 2 aromatic heterocycles. The summed E-state index contributed by atoms with van der Waals surface area (Å²) in [6, 6.07) is 20.1. The number of hydrogen-bond acceptors (Lipinski definition) is 6. The molecule has 0 aliphatic rings. The number of benzene rings is 2. The zero-order valence-electron chi connectivity index (χ0n) is 17.5. The normalized spacial score (nSPS) is 10.1. The molecule has 32 heavy (non-hydrogen) atoms. The molecule has 0 radical (unpaired) electrons. The van der Waals surface area contributed by atoms with Crippen LogP contribution < -0.4 is 15.6 Å². The molecule has 0 aliphatic heterocycles. The standard InChI is InChI=1S/C21H15BrClN5O2.C2H6/c22-19-20(29)26-21(28(27-19)13-14-4-6-15(23)7-5-14)25-16-8-10-17(11-9-16)30-18-3-1-2-12-24-18;1-2/h1-12H,13H2,(H,25,26,29);1-2H3. The van der Waals surface area contributed by atoms with Crippen LogP contribution in [0.2, 0.25) is 5.02 Å². The lowest BCUT2D eigenvalue weighted by atomic mass is 10.2. The Balaban J connectivity index is 0.00000141. The molecular formula is C23H21BrClN5O2. The number of aromatic nitrogens is 4. The number of hydrogen-bond donors (Lipinski definition) is 1. The van der Waals surface area contributed by atoms with E-state index in [0.717, 1.165) is 11.3 Å². The van der Waals surface area contributed by atoms with Crippen LogP contribution in [0, 0.1) is 0 Å². The van der Waals surface area contributed by atoms with Gasteiger partial charge in [0, 0.05) is 23.0 Å². The Morgan fingerprint density at radius 3 is 2.41 bits per heavy atom. The molecule has 0 atom stereocenters. The number of anilines is 2. The molecule has 2 heterocycles. The topological polar surface area (TPSA) is 81.9 Å². The first-order chi connectivity index (χ1) is 15.6. The van der Waals surface area contributed by atoms with E-state index in [4.69, 9.17) is 16.3 Å². The lowest BCUT2D eigenvalue weighted by Gasteiger charge is -2.13. The van der Waals surface area contributed by atoms with Crippen LogP contribution in [0.4, 0.5) is 11.6 Å². The second-order valence-electron chi connectivity index (χ2n) is 6.23. The Morgan fingerprint density at radius 2 is 1.75 bits per heavy atom. The van der Waals surface area contributed by atoms with E-state index in [-0.39, 0.29) is 4.60 Å². The second-order valence-corrected chi connectivity index (χ2v) is 7.42. The van der Waals surface area contributed by atoms with Gasteiger partial charge in [-0.15, -0.1) is 0 Å². The van der Waals surface area contributed by atoms with Gasteiger partial charge in [0.2, 0.25) is 11.8 Å². The van der Waals surface area contributed by atoms with Crippen LogP contribution in [0.1, 0.15) is 19.4 Å². The molecule has 164 valence electrons. The molecular weight excluding hydrogens is 494 g/mol. The predicted molar refractivity (Wildman–Crippen MR) is 130 cm³/mol. The second kappa shape index (κ2) is 11.4. The van der Waals surface area contributed by atoms with Crippen molar-refractivity contribution in [2.45, 2.75) is 20.4 Å². The van der Waals surface area contributed by atoms with Crippen molar-refractivity contribution < 1.29 is 4.74 Å². The SMILES string of the molecule is CC.O=c1nc(Nc2ccc(Oc3ccccn3)cc2)n(Cc2ccc(Cl)cc2)nc1Br. The number of nitrogens with one attached hydrogen (secondary N) is 1. The third kappa shape index (κ3) is 6.38. The Bertz CT molecular complexity index is 1200. The molecule has 0 amide bonds. The number of rotatable bonds is 6. The molecule has 1 N–H and O–H groups in total. The van der Waals surface area contributed by atoms with Crippen LogP contribution >= 0.6 is 27.5 Å². The molecule has 7 nitrogen and oxygen atoms in total. The fraction of sp³-hybridized carbons (Fsp3) is 0.130. The van der Waals surface area contributed by atoms with E-state index in [9.17, 15) is 4.79 Å². The third-order valence-electron chi connectivity index (χ3n) is 4.05. The van der Waals surface area contributed by atoms with Crippen LogP contribution in [0.15, 0.2) is 82.3 Å². The maximum Gasteiger partial charge on any atom is 0.307 e. The van der Waals surface area contributed by atoms with Crippen LogP contribution in [-0.2, 0) is 6.54 Å². The third-order valence-corrected chi connectivity index (χ3v) is 4.80. The summed E-state index contributed by atoms with van der Waals surface area (Å²) in [5.41, 5.74) is 1.23. The zero-order chi connectivity index (χ0) is 22.9. The van der Waals surface area contributed by atoms with Crippen LogP contribution in [0.3, 0.4) is 0 Å². The maximum atomic E-state index is 12.0. The lowest BCUT2D eigenvalue weighted by molar-refractivity contribution is 0.463. The van der Waals surface area contributed by atoms with Gasteiger partial charge in [-0.25, -0.2) is 9.67 Å². The van der Waals surface area contributed by atoms with E-state index < -0.39 is 5.56 Å². The number of ether oxygens (including phenoxy) is 1. The molecule has 4 aromatic rings. The average molecular weight is 515 g/mol. The van der Waals surface area contributed by atoms with Crippen molar-refractivity contribution in [1.82, 2.24) is 19.7 Å². The monoisotopic (exact) mass is 513 g/mol. The quantitative estimate of drug-likeness (QED) is 0.337. The average Bonchev–Trinajstić information content (AvgIpc) is 2.82. The summed E-state index contributed by atoms with van der Waals surface area (Å²) in [5.74, 6) is 1.46. The van der Waals surface area contributed by atoms with Gasteiger partial charge in [0.15, 0.2) is 4.60 Å². The predicted octanol–water partition coefficient (Wildman–Crippen LogP) is 6.06. The molecule has 4 rings (SSSR count). The van der Waals surface area contributed by atoms with Gasteiger partial charge in [0.05, 0.1) is 6.54 Å². The molecule has 0 bridgehead atoms. The minimum atomic E-state index is -0.458. The zero-order valence-corrected chi connectivity index (χ0v) is 19.8. The van der Waals surface area contributed by atoms with Gasteiger partial charge in [-0.05, 0) is 64.0 Å². The van der Waals surface area contributed by atoms with E-state index in [0.29, 0.717) is 29.1 Å². The summed E-state index contributed by atoms with van der Waals surface area (Å²) >= 11 is 9.11. The molecule has 0 spiro atoms. The van der Waals surface area contributed by atoms with Gasteiger partial charge in [-0.1, -0.05) is 43.6 Å². The van der Waals surface area contributed by atoms with Crippen molar-refractivity contribution in [2.75, 3.05) is 5.32 Å². The van der Waals surface area contributed by atoms with Gasteiger partial charge in [-0.3, -0.25) is 4.79 Å². The van der Waals surface area contributed by atoms with E-state index in [1.54, 1.807) is 41.2 Å². The Labute approximate surface area is 199 Å². The van der Waals surface area contributed by atoms with Gasteiger partial charge in [0.25, 0.3) is 0 Å². The van der Waals surface area contributed by atoms with E-state index in [1.165, 1.54) is 0 Å². The van der Waals surface area contributed by atoms with Gasteiger partial charge in [-0.2, -0.15) is 10.1 Å². The van der Waals surface area contributed by atoms with E-state index in [1.807, 2.05) is 50.2 Å². The van der Waals surface area contributed by atoms with Crippen molar-refractivity contribution in [2.24, 2.45) is 0 Å². The van der Waals surface area contributed by atoms with E-state index >= 15 is 0 Å². The smallest absolute Gasteiger partial charge is 0.307 e. The largest absolute Gasteiger partial charge is 0.439 e. The minimum Gasteiger partial charge on any atom is -0.439 e. The van der Waals surface area contributed by atoms with Crippen molar-refractivity contribution >= 4 is 39.2 Å². The Morgan fingerprint density at radius 1 is 1.03 bits per heavy atom. The Kier molecular flexibility index (Phi) is 8.35. The summed E-state index contributed by atoms with van der Waals surface area (Å²) in [7, 11) is 0. The van der Waals surface area contributed by atoms with Gasteiger partial charge >= 0.3 is 5.56 Å². The fourth-order valence-electron chi connectivity index (χ4n) is 2.63. The first kappa shape index (κ1) is 23.4. The lowest BCUT2D eigenvalue weighted by Crippen LogP contribution is -2.21. The van der Waals surface area contributed by atoms with Crippen molar-refractivity contribution in [3.63, 3.8) is 0 Å². The van der Waals surface area contributed by atoms with Crippen LogP contribution in [0.25, 0.3) is 0 Å². The first-order valence-corrected chi connectivity index (χ1v) is 11.1. The molecule has 2 aromatic carbocycles. The first-order valence-electron chi connectivity index (χ1n) is 9.92. The summed E-state index contributed by atoms with van der Waals surface area (Å²) in [5, 5.41) is 8.07. The summed E-state index contributed by atoms with van der Waals surface area (Å²) in [6.07, 6.45) is 1.66. The Hall–Kier alpha value is -3.23. The van der Waals surface area contributed by atoms with Crippen LogP contribution in [0.5, 0.6) is 11.6 Å². The van der Waals surface area contributed by atoms with Gasteiger partial charge in [0.1, 0.15) is 5.75 Å². The molecule has 0 aliphatic carbocycles. The number of nitrogens with zero attached hydrogens (tertiary/aromatic N) is 4. The van der Waals surface area contributed by atoms with Crippen molar-refractivity contribution in [3.8, 4) is 11.6 Å². The summed E-state index contributed by atoms with van der Waals surface area (Å²) in [4.78, 5) is 20.2. The van der Waals surface area contributed by atoms with Gasteiger partial charge < -0.3 is 10.1 Å². The molecule has 0 unspecified atom stereocenters. The molecule has 0 saturated carbocycles. The molecule has 9 heteroatoms. The maximum absolute atomic E-state index is 12.0. The fourth-order valence-corrected chi connectivity index (χ4v) is 3.03. The molecule has 0 fully saturated rings. The van der Waals surface area contributed by atoms with E-state index in [2.05, 4.69) is 36.3 Å². The highest BCUT2D eigenvalue weighted by Crippen LogP contribution is 2.23. The highest BCUT2D eigenvalue weighted by Gasteiger charge is 2.10. The number of halogens is 2. The molecule has 0 saturated heterocycles. The van der Waals surface area contributed by atoms with Crippen LogP contribution in [-0.4, -0.2) is 19.7 Å². The van der Waals surface area contributed by atoms with Crippen molar-refractivity contribution in [1.29, 1.82) is 0 Å². The highest BCUT2D eigenvalue weighted by atomic mass is 79.9. The summed E-state index contributed by atoms with van der Waals surface area (Å²) < 4.78 is 7.44. The minimum absolute atomic E-state index is 0.140. The highest BCUT2D eigenvalue weighted by molar-refractivity contribution is 9.10. The summed E-state index contributed by atoms with van der Waals surface area (Å²) in [6.45, 7) is 4.41. The van der Waals surface area contributed by atoms with Crippen molar-refractivity contribution in [3.05, 3.63) is 98.5 Å².